The van der Waals surface area contributed by atoms with Crippen LogP contribution in [0, 0.1) is 11.6 Å². The minimum atomic E-state index is -0.329. The van der Waals surface area contributed by atoms with Crippen molar-refractivity contribution in [2.45, 2.75) is 37.7 Å². The number of carbonyl (C=O) groups excluding carboxylic acids is 1. The van der Waals surface area contributed by atoms with Crippen LogP contribution in [0.3, 0.4) is 0 Å². The van der Waals surface area contributed by atoms with E-state index in [1.165, 1.54) is 30.3 Å². The first-order chi connectivity index (χ1) is 13.0. The maximum atomic E-state index is 13.9. The molecule has 0 aromatic heterocycles. The van der Waals surface area contributed by atoms with Gasteiger partial charge in [-0.25, -0.2) is 8.78 Å². The Hall–Kier alpha value is -2.27. The lowest BCUT2D eigenvalue weighted by Crippen LogP contribution is -2.47. The number of piperidine rings is 1. The van der Waals surface area contributed by atoms with E-state index in [9.17, 15) is 13.6 Å². The van der Waals surface area contributed by atoms with Gasteiger partial charge in [-0.05, 0) is 43.3 Å². The Morgan fingerprint density at radius 3 is 2.52 bits per heavy atom. The van der Waals surface area contributed by atoms with E-state index in [2.05, 4.69) is 4.90 Å². The Labute approximate surface area is 157 Å². The Balaban J connectivity index is 1.24. The fraction of sp³-hybridized carbons (Fsp3) is 0.409. The standard InChI is InChI=1S/C22H23F2NO2/c23-18-8-6-16(7-9-18)20(26)5-2-12-25-13-10-22(11-14-25)15-17-3-1-4-19(24)21(17)27-22/h1,3-4,6-9H,2,5,10-15H2. The number of halogens is 2. The Morgan fingerprint density at radius 1 is 1.07 bits per heavy atom. The molecule has 1 saturated heterocycles. The SMILES string of the molecule is O=C(CCCN1CCC2(CC1)Cc1cccc(F)c1O2)c1ccc(F)cc1. The predicted molar refractivity (Wildman–Crippen MR) is 99.1 cm³/mol. The smallest absolute Gasteiger partial charge is 0.165 e. The molecule has 5 heteroatoms. The van der Waals surface area contributed by atoms with Crippen molar-refractivity contribution >= 4 is 5.78 Å². The van der Waals surface area contributed by atoms with Crippen molar-refractivity contribution in [3.63, 3.8) is 0 Å². The van der Waals surface area contributed by atoms with Crippen LogP contribution in [-0.2, 0) is 6.42 Å². The third-order valence-electron chi connectivity index (χ3n) is 5.69. The van der Waals surface area contributed by atoms with E-state index in [1.807, 2.05) is 6.07 Å². The zero-order chi connectivity index (χ0) is 18.9. The monoisotopic (exact) mass is 371 g/mol. The van der Waals surface area contributed by atoms with Crippen molar-refractivity contribution in [1.82, 2.24) is 4.90 Å². The molecule has 1 spiro atoms. The van der Waals surface area contributed by atoms with Crippen molar-refractivity contribution in [3.05, 3.63) is 65.2 Å². The van der Waals surface area contributed by atoms with Gasteiger partial charge in [-0.3, -0.25) is 4.79 Å². The molecule has 0 N–H and O–H groups in total. The van der Waals surface area contributed by atoms with Crippen molar-refractivity contribution in [1.29, 1.82) is 0 Å². The molecular weight excluding hydrogens is 348 g/mol. The molecule has 2 aliphatic heterocycles. The Kier molecular flexibility index (Phi) is 4.96. The third kappa shape index (κ3) is 3.88. The van der Waals surface area contributed by atoms with Gasteiger partial charge >= 0.3 is 0 Å². The number of carbonyl (C=O) groups is 1. The number of hydrogen-bond acceptors (Lipinski definition) is 3. The maximum Gasteiger partial charge on any atom is 0.165 e. The highest BCUT2D eigenvalue weighted by Gasteiger charge is 2.42. The summed E-state index contributed by atoms with van der Waals surface area (Å²) in [6.07, 6.45) is 3.75. The van der Waals surface area contributed by atoms with Gasteiger partial charge in [0.15, 0.2) is 17.3 Å². The summed E-state index contributed by atoms with van der Waals surface area (Å²) < 4.78 is 32.9. The summed E-state index contributed by atoms with van der Waals surface area (Å²) in [7, 11) is 0. The van der Waals surface area contributed by atoms with Crippen LogP contribution in [-0.4, -0.2) is 35.9 Å². The minimum Gasteiger partial charge on any atom is -0.483 e. The van der Waals surface area contributed by atoms with E-state index in [4.69, 9.17) is 4.74 Å². The number of para-hydroxylation sites is 1. The highest BCUT2D eigenvalue weighted by molar-refractivity contribution is 5.95. The number of hydrogen-bond donors (Lipinski definition) is 0. The molecule has 2 aromatic carbocycles. The zero-order valence-corrected chi connectivity index (χ0v) is 15.2. The number of ketones is 1. The fourth-order valence-electron chi connectivity index (χ4n) is 4.11. The molecule has 1 fully saturated rings. The first-order valence-electron chi connectivity index (χ1n) is 9.52. The average Bonchev–Trinajstić information content (AvgIpc) is 3.03. The molecule has 0 unspecified atom stereocenters. The summed E-state index contributed by atoms with van der Waals surface area (Å²) in [6.45, 7) is 2.63. The second-order valence-corrected chi connectivity index (χ2v) is 7.57. The molecule has 0 radical (unpaired) electrons. The second kappa shape index (κ2) is 7.39. The van der Waals surface area contributed by atoms with Gasteiger partial charge in [0, 0.05) is 49.9 Å². The van der Waals surface area contributed by atoms with Gasteiger partial charge < -0.3 is 9.64 Å². The van der Waals surface area contributed by atoms with Gasteiger partial charge in [0.05, 0.1) is 0 Å². The number of nitrogens with zero attached hydrogens (tertiary/aromatic N) is 1. The molecule has 0 saturated carbocycles. The van der Waals surface area contributed by atoms with E-state index in [-0.39, 0.29) is 23.0 Å². The highest BCUT2D eigenvalue weighted by Crippen LogP contribution is 2.42. The topological polar surface area (TPSA) is 29.5 Å². The number of Topliss-reactive ketones (excluding diaryl/α,β-unsaturated/α-hetero) is 1. The molecule has 142 valence electrons. The maximum absolute atomic E-state index is 13.9. The van der Waals surface area contributed by atoms with Gasteiger partial charge in [0.1, 0.15) is 11.4 Å². The van der Waals surface area contributed by atoms with Crippen molar-refractivity contribution in [2.24, 2.45) is 0 Å². The van der Waals surface area contributed by atoms with Gasteiger partial charge in [-0.2, -0.15) is 0 Å². The van der Waals surface area contributed by atoms with Crippen LogP contribution in [0.2, 0.25) is 0 Å². The lowest BCUT2D eigenvalue weighted by Gasteiger charge is -2.38. The molecule has 0 atom stereocenters. The molecular formula is C22H23F2NO2. The highest BCUT2D eigenvalue weighted by atomic mass is 19.1. The second-order valence-electron chi connectivity index (χ2n) is 7.57. The van der Waals surface area contributed by atoms with E-state index < -0.39 is 0 Å². The fourth-order valence-corrected chi connectivity index (χ4v) is 4.11. The lowest BCUT2D eigenvalue weighted by atomic mass is 9.87. The van der Waals surface area contributed by atoms with Gasteiger partial charge in [-0.15, -0.1) is 0 Å². The van der Waals surface area contributed by atoms with Crippen LogP contribution in [0.5, 0.6) is 5.75 Å². The third-order valence-corrected chi connectivity index (χ3v) is 5.69. The van der Waals surface area contributed by atoms with Gasteiger partial charge in [0.25, 0.3) is 0 Å². The largest absolute Gasteiger partial charge is 0.483 e. The molecule has 2 aromatic rings. The number of benzene rings is 2. The molecule has 27 heavy (non-hydrogen) atoms. The normalized spacial score (nSPS) is 18.3. The van der Waals surface area contributed by atoms with Gasteiger partial charge in [-0.1, -0.05) is 12.1 Å². The van der Waals surface area contributed by atoms with Crippen LogP contribution in [0.15, 0.2) is 42.5 Å². The molecule has 2 aliphatic rings. The first kappa shape index (κ1) is 18.1. The Morgan fingerprint density at radius 2 is 1.81 bits per heavy atom. The van der Waals surface area contributed by atoms with Gasteiger partial charge in [0.2, 0.25) is 0 Å². The number of fused-ring (bicyclic) bond motifs is 1. The summed E-state index contributed by atoms with van der Waals surface area (Å²) >= 11 is 0. The molecule has 0 bridgehead atoms. The minimum absolute atomic E-state index is 0.0496. The first-order valence-corrected chi connectivity index (χ1v) is 9.52. The summed E-state index contributed by atoms with van der Waals surface area (Å²) in [5.74, 6) is -0.125. The predicted octanol–water partition coefficient (Wildman–Crippen LogP) is 4.40. The van der Waals surface area contributed by atoms with Crippen LogP contribution in [0.4, 0.5) is 8.78 Å². The van der Waals surface area contributed by atoms with Crippen LogP contribution < -0.4 is 4.74 Å². The molecule has 0 aliphatic carbocycles. The number of likely N-dealkylation sites (tertiary alicyclic amines) is 1. The quantitative estimate of drug-likeness (QED) is 0.730. The van der Waals surface area contributed by atoms with Crippen LogP contribution in [0.1, 0.15) is 41.6 Å². The van der Waals surface area contributed by atoms with E-state index in [0.717, 1.165) is 50.9 Å². The molecule has 0 amide bonds. The van der Waals surface area contributed by atoms with E-state index >= 15 is 0 Å². The number of rotatable bonds is 5. The van der Waals surface area contributed by atoms with Crippen LogP contribution in [0.25, 0.3) is 0 Å². The van der Waals surface area contributed by atoms with E-state index in [0.29, 0.717) is 17.7 Å². The summed E-state index contributed by atoms with van der Waals surface area (Å²) in [5, 5.41) is 0. The average molecular weight is 371 g/mol. The zero-order valence-electron chi connectivity index (χ0n) is 15.2. The lowest BCUT2D eigenvalue weighted by molar-refractivity contribution is 0.0168. The molecule has 3 nitrogen and oxygen atoms in total. The summed E-state index contributed by atoms with van der Waals surface area (Å²) in [4.78, 5) is 14.5. The van der Waals surface area contributed by atoms with Crippen molar-refractivity contribution < 1.29 is 18.3 Å². The molecule has 2 heterocycles. The van der Waals surface area contributed by atoms with Crippen molar-refractivity contribution in [3.8, 4) is 5.75 Å². The molecule has 4 rings (SSSR count). The Bertz CT molecular complexity index is 827. The van der Waals surface area contributed by atoms with E-state index in [1.54, 1.807) is 6.07 Å². The van der Waals surface area contributed by atoms with Crippen LogP contribution >= 0.6 is 0 Å². The number of ether oxygens (including phenoxy) is 1. The van der Waals surface area contributed by atoms with Crippen molar-refractivity contribution in [2.75, 3.05) is 19.6 Å². The summed E-state index contributed by atoms with van der Waals surface area (Å²) in [6, 6.07) is 10.8. The summed E-state index contributed by atoms with van der Waals surface area (Å²) in [5.41, 5.74) is 1.26.